The maximum atomic E-state index is 13.2. The molecule has 4 rings (SSSR count). The van der Waals surface area contributed by atoms with E-state index in [9.17, 15) is 9.18 Å². The highest BCUT2D eigenvalue weighted by Gasteiger charge is 2.23. The van der Waals surface area contributed by atoms with E-state index < -0.39 is 0 Å². The summed E-state index contributed by atoms with van der Waals surface area (Å²) in [5.74, 6) is 0.294. The smallest absolute Gasteiger partial charge is 0.287 e. The topological polar surface area (TPSA) is 71.3 Å². The van der Waals surface area contributed by atoms with Crippen LogP contribution in [0, 0.1) is 5.82 Å². The number of nitrogens with zero attached hydrogens (tertiary/aromatic N) is 3. The molecule has 1 saturated heterocycles. The van der Waals surface area contributed by atoms with Gasteiger partial charge in [0, 0.05) is 36.9 Å². The lowest BCUT2D eigenvalue weighted by molar-refractivity contribution is 0.0905. The number of furan rings is 1. The Labute approximate surface area is 143 Å². The molecule has 1 amide bonds. The number of aromatic nitrogens is 2. The van der Waals surface area contributed by atoms with E-state index in [1.807, 2.05) is 0 Å². The van der Waals surface area contributed by atoms with Crippen molar-refractivity contribution < 1.29 is 13.6 Å². The number of benzene rings is 1. The Morgan fingerprint density at radius 1 is 1.20 bits per heavy atom. The van der Waals surface area contributed by atoms with Gasteiger partial charge in [0.2, 0.25) is 5.95 Å². The predicted molar refractivity (Wildman–Crippen MR) is 90.9 cm³/mol. The first kappa shape index (κ1) is 15.6. The lowest BCUT2D eigenvalue weighted by atomic mass is 10.1. The second-order valence-electron chi connectivity index (χ2n) is 6.08. The number of nitrogens with one attached hydrogen (secondary N) is 1. The normalized spacial score (nSPS) is 15.5. The Morgan fingerprint density at radius 3 is 2.72 bits per heavy atom. The van der Waals surface area contributed by atoms with Gasteiger partial charge in [0.25, 0.3) is 5.91 Å². The number of hydrogen-bond donors (Lipinski definition) is 1. The third kappa shape index (κ3) is 3.31. The van der Waals surface area contributed by atoms with Crippen LogP contribution in [0.5, 0.6) is 0 Å². The maximum Gasteiger partial charge on any atom is 0.287 e. The van der Waals surface area contributed by atoms with Gasteiger partial charge in [0.15, 0.2) is 5.76 Å². The minimum atomic E-state index is -0.351. The minimum absolute atomic E-state index is 0.0670. The van der Waals surface area contributed by atoms with E-state index in [4.69, 9.17) is 4.42 Å². The summed E-state index contributed by atoms with van der Waals surface area (Å²) in [6.45, 7) is 1.56. The van der Waals surface area contributed by atoms with Crippen molar-refractivity contribution >= 4 is 22.8 Å². The number of amides is 1. The molecule has 7 heteroatoms. The van der Waals surface area contributed by atoms with Crippen molar-refractivity contribution in [1.82, 2.24) is 15.3 Å². The minimum Gasteiger partial charge on any atom is -0.451 e. The zero-order chi connectivity index (χ0) is 17.2. The van der Waals surface area contributed by atoms with Crippen molar-refractivity contribution in [2.75, 3.05) is 18.0 Å². The first-order valence-electron chi connectivity index (χ1n) is 8.21. The van der Waals surface area contributed by atoms with E-state index in [1.54, 1.807) is 24.5 Å². The molecule has 6 nitrogen and oxygen atoms in total. The molecule has 0 radical (unpaired) electrons. The fourth-order valence-corrected chi connectivity index (χ4v) is 3.06. The monoisotopic (exact) mass is 340 g/mol. The van der Waals surface area contributed by atoms with Crippen LogP contribution in [0.4, 0.5) is 10.3 Å². The summed E-state index contributed by atoms with van der Waals surface area (Å²) in [7, 11) is 0. The zero-order valence-corrected chi connectivity index (χ0v) is 13.5. The molecule has 0 saturated carbocycles. The molecule has 3 heterocycles. The summed E-state index contributed by atoms with van der Waals surface area (Å²) in [5, 5.41) is 3.57. The summed E-state index contributed by atoms with van der Waals surface area (Å²) in [6.07, 6.45) is 5.05. The molecule has 1 aromatic carbocycles. The average molecular weight is 340 g/mol. The molecule has 1 N–H and O–H groups in total. The van der Waals surface area contributed by atoms with E-state index in [-0.39, 0.29) is 23.5 Å². The molecular formula is C18H17FN4O2. The Hall–Kier alpha value is -2.96. The van der Waals surface area contributed by atoms with E-state index in [0.717, 1.165) is 25.9 Å². The summed E-state index contributed by atoms with van der Waals surface area (Å²) in [6, 6.07) is 7.62. The van der Waals surface area contributed by atoms with Crippen LogP contribution in [-0.2, 0) is 0 Å². The zero-order valence-electron chi connectivity index (χ0n) is 13.5. The van der Waals surface area contributed by atoms with Crippen LogP contribution in [0.2, 0.25) is 0 Å². The number of rotatable bonds is 3. The maximum absolute atomic E-state index is 13.2. The molecule has 0 unspecified atom stereocenters. The van der Waals surface area contributed by atoms with Gasteiger partial charge in [-0.25, -0.2) is 14.4 Å². The van der Waals surface area contributed by atoms with Gasteiger partial charge in [0.1, 0.15) is 11.4 Å². The first-order chi connectivity index (χ1) is 12.2. The first-order valence-corrected chi connectivity index (χ1v) is 8.21. The van der Waals surface area contributed by atoms with Crippen molar-refractivity contribution in [3.8, 4) is 0 Å². The highest BCUT2D eigenvalue weighted by atomic mass is 19.1. The number of halogens is 1. The highest BCUT2D eigenvalue weighted by molar-refractivity contribution is 5.96. The number of carbonyl (C=O) groups excluding carboxylic acids is 1. The molecule has 1 fully saturated rings. The number of piperidine rings is 1. The summed E-state index contributed by atoms with van der Waals surface area (Å²) in [5.41, 5.74) is 0.502. The molecule has 0 aliphatic carbocycles. The Bertz CT molecular complexity index is 888. The third-order valence-corrected chi connectivity index (χ3v) is 4.37. The van der Waals surface area contributed by atoms with Crippen LogP contribution in [0.25, 0.3) is 11.0 Å². The van der Waals surface area contributed by atoms with E-state index in [0.29, 0.717) is 16.9 Å². The molecule has 0 atom stereocenters. The SMILES string of the molecule is O=C(NC1CCN(c2ncccn2)CC1)c1cc2cc(F)ccc2o1. The van der Waals surface area contributed by atoms with Gasteiger partial charge in [0.05, 0.1) is 0 Å². The van der Waals surface area contributed by atoms with Gasteiger partial charge in [-0.3, -0.25) is 4.79 Å². The van der Waals surface area contributed by atoms with Crippen LogP contribution in [0.1, 0.15) is 23.4 Å². The van der Waals surface area contributed by atoms with Crippen molar-refractivity contribution in [3.05, 3.63) is 54.3 Å². The predicted octanol–water partition coefficient (Wildman–Crippen LogP) is 2.76. The fraction of sp³-hybridized carbons (Fsp3) is 0.278. The van der Waals surface area contributed by atoms with Gasteiger partial charge < -0.3 is 14.6 Å². The summed E-state index contributed by atoms with van der Waals surface area (Å²) in [4.78, 5) is 23.0. The van der Waals surface area contributed by atoms with Crippen LogP contribution in [0.3, 0.4) is 0 Å². The molecule has 25 heavy (non-hydrogen) atoms. The molecular weight excluding hydrogens is 323 g/mol. The highest BCUT2D eigenvalue weighted by Crippen LogP contribution is 2.21. The Balaban J connectivity index is 1.38. The number of anilines is 1. The Kier molecular flexibility index (Phi) is 4.05. The van der Waals surface area contributed by atoms with Gasteiger partial charge in [-0.1, -0.05) is 0 Å². The molecule has 0 bridgehead atoms. The molecule has 128 valence electrons. The molecule has 1 aliphatic heterocycles. The van der Waals surface area contributed by atoms with Gasteiger partial charge >= 0.3 is 0 Å². The lowest BCUT2D eigenvalue weighted by Gasteiger charge is -2.32. The number of hydrogen-bond acceptors (Lipinski definition) is 5. The molecule has 3 aromatic rings. The molecule has 2 aromatic heterocycles. The number of carbonyl (C=O) groups is 1. The van der Waals surface area contributed by atoms with Crippen LogP contribution < -0.4 is 10.2 Å². The van der Waals surface area contributed by atoms with Crippen molar-refractivity contribution in [1.29, 1.82) is 0 Å². The number of fused-ring (bicyclic) bond motifs is 1. The van der Waals surface area contributed by atoms with Crippen molar-refractivity contribution in [3.63, 3.8) is 0 Å². The quantitative estimate of drug-likeness (QED) is 0.794. The fourth-order valence-electron chi connectivity index (χ4n) is 3.06. The Morgan fingerprint density at radius 2 is 1.96 bits per heavy atom. The largest absolute Gasteiger partial charge is 0.451 e. The third-order valence-electron chi connectivity index (χ3n) is 4.37. The van der Waals surface area contributed by atoms with E-state index in [1.165, 1.54) is 18.2 Å². The van der Waals surface area contributed by atoms with Crippen molar-refractivity contribution in [2.24, 2.45) is 0 Å². The molecule has 0 spiro atoms. The van der Waals surface area contributed by atoms with E-state index in [2.05, 4.69) is 20.2 Å². The molecule has 1 aliphatic rings. The van der Waals surface area contributed by atoms with Crippen molar-refractivity contribution in [2.45, 2.75) is 18.9 Å². The second kappa shape index (κ2) is 6.51. The van der Waals surface area contributed by atoms with Gasteiger partial charge in [-0.2, -0.15) is 0 Å². The second-order valence-corrected chi connectivity index (χ2v) is 6.08. The van der Waals surface area contributed by atoms with Gasteiger partial charge in [-0.05, 0) is 43.2 Å². The van der Waals surface area contributed by atoms with E-state index >= 15 is 0 Å². The summed E-state index contributed by atoms with van der Waals surface area (Å²) >= 11 is 0. The van der Waals surface area contributed by atoms with Crippen LogP contribution in [-0.4, -0.2) is 35.0 Å². The summed E-state index contributed by atoms with van der Waals surface area (Å²) < 4.78 is 18.7. The standard InChI is InChI=1S/C18H17FN4O2/c19-13-2-3-15-12(10-13)11-16(25-15)17(24)22-14-4-8-23(9-5-14)18-20-6-1-7-21-18/h1-3,6-7,10-11,14H,4-5,8-9H2,(H,22,24). The average Bonchev–Trinajstić information content (AvgIpc) is 3.06. The lowest BCUT2D eigenvalue weighted by Crippen LogP contribution is -2.45. The van der Waals surface area contributed by atoms with Gasteiger partial charge in [-0.15, -0.1) is 0 Å². The van der Waals surface area contributed by atoms with Crippen LogP contribution in [0.15, 0.2) is 47.1 Å². The van der Waals surface area contributed by atoms with Crippen LogP contribution >= 0.6 is 0 Å².